The van der Waals surface area contributed by atoms with Crippen molar-refractivity contribution in [2.24, 2.45) is 61.5 Å². The number of Topliss-reactive ketones (excluding diaryl/α,β-unsaturated/α-hetero) is 3. The van der Waals surface area contributed by atoms with Crippen LogP contribution in [-0.2, 0) is 47.9 Å². The second-order valence-corrected chi connectivity index (χ2v) is 21.9. The van der Waals surface area contributed by atoms with E-state index >= 15 is 0 Å². The maximum Gasteiger partial charge on any atom is 0.373 e. The number of hydrogen-bond acceptors (Lipinski definition) is 13. The van der Waals surface area contributed by atoms with Crippen LogP contribution in [0.4, 0.5) is 0 Å². The average Bonchev–Trinajstić information content (AvgIpc) is 3.40. The molecule has 16 nitrogen and oxygen atoms in total. The third-order valence-corrected chi connectivity index (χ3v) is 10.4. The molecular formula is C48H96N6O10. The lowest BCUT2D eigenvalue weighted by Gasteiger charge is -2.31. The minimum absolute atomic E-state index is 0. The predicted octanol–water partition coefficient (Wildman–Crippen LogP) is 5.90. The van der Waals surface area contributed by atoms with E-state index in [4.69, 9.17) is 31.5 Å². The number of nitrogens with zero attached hydrogens (tertiary/aromatic N) is 1. The van der Waals surface area contributed by atoms with Gasteiger partial charge in [-0.25, -0.2) is 0 Å². The van der Waals surface area contributed by atoms with E-state index in [1.54, 1.807) is 27.9 Å². The Balaban J connectivity index is -0.000000187. The molecule has 64 heavy (non-hydrogen) atoms. The quantitative estimate of drug-likeness (QED) is 0.135. The summed E-state index contributed by atoms with van der Waals surface area (Å²) in [7, 11) is 1.59. The number of carbonyl (C=O) groups excluding carboxylic acids is 9. The Kier molecular flexibility index (Phi) is 32.7. The normalized spacial score (nSPS) is 16.5. The molecule has 0 radical (unpaired) electrons. The Morgan fingerprint density at radius 3 is 1.27 bits per heavy atom. The van der Waals surface area contributed by atoms with Crippen LogP contribution >= 0.6 is 0 Å². The molecule has 0 aromatic heterocycles. The molecule has 16 heteroatoms. The third kappa shape index (κ3) is 24.6. The molecule has 3 unspecified atom stereocenters. The first-order chi connectivity index (χ1) is 27.2. The molecule has 8 N–H and O–H groups in total. The van der Waals surface area contributed by atoms with Gasteiger partial charge < -0.3 is 32.6 Å². The molecule has 0 aromatic carbocycles. The first-order valence-electron chi connectivity index (χ1n) is 20.9. The van der Waals surface area contributed by atoms with Gasteiger partial charge >= 0.3 is 6.15 Å². The largest absolute Gasteiger partial charge is 0.380 e. The van der Waals surface area contributed by atoms with Crippen molar-refractivity contribution in [3.63, 3.8) is 0 Å². The monoisotopic (exact) mass is 917 g/mol. The molecule has 1 aliphatic rings. The number of likely N-dealkylation sites (tertiary alicyclic amines) is 1. The summed E-state index contributed by atoms with van der Waals surface area (Å²) in [5.74, 6) is -1.68. The number of methoxy groups -OCH3 is 1. The summed E-state index contributed by atoms with van der Waals surface area (Å²) in [6.07, 6.45) is 0.426. The van der Waals surface area contributed by atoms with Crippen LogP contribution in [-0.4, -0.2) is 103 Å². The number of nitrogens with one attached hydrogen (secondary N) is 2. The molecular weight excluding hydrogens is 821 g/mol. The fraction of sp³-hybridized carbons (Fsp3) is 0.833. The average molecular weight is 917 g/mol. The molecule has 4 amide bonds. The summed E-state index contributed by atoms with van der Waals surface area (Å²) in [5.41, 5.74) is 14.6. The number of ketones is 3. The molecule has 1 heterocycles. The molecule has 1 aliphatic heterocycles. The molecule has 0 aromatic rings. The lowest BCUT2D eigenvalue weighted by atomic mass is 9.79. The van der Waals surface area contributed by atoms with Gasteiger partial charge in [-0.2, -0.15) is 9.59 Å². The highest BCUT2D eigenvalue weighted by Crippen LogP contribution is 2.37. The minimum Gasteiger partial charge on any atom is -0.380 e. The SMILES string of the molecule is C.C.C.CC(C(=O)N[C@@H](CN)C(=O)C(C)(C)C)C(C)(C)C.CC(C)(C)C(=O)[C@H](CN)N1C(=O)CC(C(C)(C)C)C1=O.COC(CC(=O)N[C@@H](CN)C(=O)C(C)(C)C)C(C)(C)C.O=C=O. The van der Waals surface area contributed by atoms with E-state index in [0.29, 0.717) is 0 Å². The van der Waals surface area contributed by atoms with Gasteiger partial charge in [0.25, 0.3) is 0 Å². The summed E-state index contributed by atoms with van der Waals surface area (Å²) in [4.78, 5) is 103. The Labute approximate surface area is 388 Å². The zero-order valence-corrected chi connectivity index (χ0v) is 41.3. The number of nitrogens with two attached hydrogens (primary N) is 3. The molecule has 0 saturated carbocycles. The Morgan fingerprint density at radius 1 is 0.656 bits per heavy atom. The van der Waals surface area contributed by atoms with Crippen LogP contribution in [0.1, 0.15) is 167 Å². The van der Waals surface area contributed by atoms with Crippen LogP contribution in [0.25, 0.3) is 0 Å². The van der Waals surface area contributed by atoms with Crippen LogP contribution in [0.3, 0.4) is 0 Å². The number of hydrogen-bond donors (Lipinski definition) is 5. The fourth-order valence-corrected chi connectivity index (χ4v) is 5.85. The highest BCUT2D eigenvalue weighted by molar-refractivity contribution is 6.08. The van der Waals surface area contributed by atoms with Gasteiger partial charge in [0.05, 0.1) is 18.4 Å². The van der Waals surface area contributed by atoms with Gasteiger partial charge in [-0.1, -0.05) is 154 Å². The summed E-state index contributed by atoms with van der Waals surface area (Å²) in [6.45, 7) is 36.1. The van der Waals surface area contributed by atoms with Gasteiger partial charge in [-0.3, -0.25) is 38.5 Å². The van der Waals surface area contributed by atoms with Gasteiger partial charge in [0, 0.05) is 55.3 Å². The van der Waals surface area contributed by atoms with E-state index in [0.717, 1.165) is 4.90 Å². The van der Waals surface area contributed by atoms with Crippen molar-refractivity contribution >= 4 is 47.1 Å². The zero-order chi connectivity index (χ0) is 49.4. The molecule has 0 spiro atoms. The van der Waals surface area contributed by atoms with Gasteiger partial charge in [-0.15, -0.1) is 0 Å². The number of carbonyl (C=O) groups is 7. The Hall–Kier alpha value is -3.69. The van der Waals surface area contributed by atoms with E-state index < -0.39 is 34.4 Å². The molecule has 0 bridgehead atoms. The van der Waals surface area contributed by atoms with E-state index in [2.05, 4.69) is 10.6 Å². The molecule has 6 atom stereocenters. The van der Waals surface area contributed by atoms with Crippen LogP contribution < -0.4 is 27.8 Å². The number of amides is 4. The lowest BCUT2D eigenvalue weighted by Crippen LogP contribution is -2.53. The second kappa shape index (κ2) is 29.1. The Bertz CT molecular complexity index is 1510. The van der Waals surface area contributed by atoms with Gasteiger partial charge in [0.2, 0.25) is 23.6 Å². The maximum atomic E-state index is 12.5. The third-order valence-electron chi connectivity index (χ3n) is 10.4. The molecule has 0 aliphatic carbocycles. The first kappa shape index (κ1) is 71.9. The fourth-order valence-electron chi connectivity index (χ4n) is 5.85. The maximum absolute atomic E-state index is 12.5. The number of rotatable bonds is 13. The van der Waals surface area contributed by atoms with Crippen molar-refractivity contribution in [3.05, 3.63) is 0 Å². The van der Waals surface area contributed by atoms with Crippen LogP contribution in [0.5, 0.6) is 0 Å². The van der Waals surface area contributed by atoms with Crippen LogP contribution in [0, 0.1) is 44.3 Å². The summed E-state index contributed by atoms with van der Waals surface area (Å²) >= 11 is 0. The smallest absolute Gasteiger partial charge is 0.373 e. The van der Waals surface area contributed by atoms with Gasteiger partial charge in [0.15, 0.2) is 17.3 Å². The summed E-state index contributed by atoms with van der Waals surface area (Å²) < 4.78 is 5.35. The van der Waals surface area contributed by atoms with Crippen LogP contribution in [0.15, 0.2) is 0 Å². The predicted molar refractivity (Wildman–Crippen MR) is 256 cm³/mol. The molecule has 1 rings (SSSR count). The van der Waals surface area contributed by atoms with Crippen molar-refractivity contribution in [3.8, 4) is 0 Å². The van der Waals surface area contributed by atoms with Crippen molar-refractivity contribution in [1.29, 1.82) is 0 Å². The molecule has 1 saturated heterocycles. The standard InChI is InChI=1S/C15H26N2O3.C15H30N2O3.C14H28N2O2.CO2.3CH4/c1-14(2,3)9-7-11(18)17(13(9)20)10(8-16)12(19)15(4,5)6;1-14(2,3)11(20-7)8-12(18)17-10(9-16)13(19)15(4,5)6;1-9(13(2,3)4)12(18)16-10(8-15)11(17)14(5,6)7;2-1-3;;;/h9-10H,7-8,16H2,1-6H3;10-11H,8-9,16H2,1-7H3,(H,17,18);9-10H,8,15H2,1-7H3,(H,16,18);;3*1H4/t9?,10-;10-,11?;9?,10-;;;;/m000..../s1. The highest BCUT2D eigenvalue weighted by atomic mass is 16.5. The zero-order valence-electron chi connectivity index (χ0n) is 41.3. The topological polar surface area (TPSA) is 268 Å². The summed E-state index contributed by atoms with van der Waals surface area (Å²) in [6, 6.07) is -2.08. The summed E-state index contributed by atoms with van der Waals surface area (Å²) in [5, 5.41) is 5.48. The van der Waals surface area contributed by atoms with E-state index in [1.807, 2.05) is 111 Å². The van der Waals surface area contributed by atoms with Gasteiger partial charge in [0.1, 0.15) is 18.1 Å². The van der Waals surface area contributed by atoms with Crippen LogP contribution in [0.2, 0.25) is 0 Å². The van der Waals surface area contributed by atoms with E-state index in [9.17, 15) is 33.6 Å². The Morgan fingerprint density at radius 2 is 1.02 bits per heavy atom. The lowest BCUT2D eigenvalue weighted by molar-refractivity contribution is -0.191. The van der Waals surface area contributed by atoms with Crippen molar-refractivity contribution in [2.75, 3.05) is 26.7 Å². The van der Waals surface area contributed by atoms with E-state index in [1.165, 1.54) is 0 Å². The van der Waals surface area contributed by atoms with Gasteiger partial charge in [-0.05, 0) is 16.2 Å². The van der Waals surface area contributed by atoms with E-state index in [-0.39, 0.29) is 136 Å². The molecule has 378 valence electrons. The van der Waals surface area contributed by atoms with Crippen molar-refractivity contribution in [1.82, 2.24) is 15.5 Å². The highest BCUT2D eigenvalue weighted by Gasteiger charge is 2.49. The second-order valence-electron chi connectivity index (χ2n) is 21.9. The first-order valence-corrected chi connectivity index (χ1v) is 20.9. The van der Waals surface area contributed by atoms with Crippen molar-refractivity contribution < 1.29 is 47.9 Å². The number of ether oxygens (including phenoxy) is 1. The molecule has 1 fully saturated rings. The minimum atomic E-state index is -0.845. The number of imide groups is 1. The van der Waals surface area contributed by atoms with Crippen molar-refractivity contribution in [2.45, 2.75) is 191 Å².